The van der Waals surface area contributed by atoms with Crippen molar-refractivity contribution < 1.29 is 9.47 Å². The molecule has 1 aliphatic carbocycles. The SMILES string of the molecule is COCCOc1cc(NC2CC2)nc(C(C)(C)C)n1. The minimum absolute atomic E-state index is 0.0966. The van der Waals surface area contributed by atoms with Crippen LogP contribution in [-0.2, 0) is 10.2 Å². The quantitative estimate of drug-likeness (QED) is 0.800. The lowest BCUT2D eigenvalue weighted by atomic mass is 9.96. The summed E-state index contributed by atoms with van der Waals surface area (Å²) in [6.07, 6.45) is 2.43. The predicted octanol–water partition coefficient (Wildman–Crippen LogP) is 2.37. The molecule has 0 aliphatic heterocycles. The van der Waals surface area contributed by atoms with Crippen LogP contribution in [0, 0.1) is 0 Å². The van der Waals surface area contributed by atoms with Crippen LogP contribution < -0.4 is 10.1 Å². The van der Waals surface area contributed by atoms with E-state index in [9.17, 15) is 0 Å². The number of rotatable bonds is 6. The molecule has 1 N–H and O–H groups in total. The van der Waals surface area contributed by atoms with Gasteiger partial charge in [-0.2, -0.15) is 4.98 Å². The number of nitrogens with one attached hydrogen (secondary N) is 1. The van der Waals surface area contributed by atoms with Gasteiger partial charge in [0.25, 0.3) is 0 Å². The van der Waals surface area contributed by atoms with Crippen molar-refractivity contribution in [3.63, 3.8) is 0 Å². The lowest BCUT2D eigenvalue weighted by Gasteiger charge is -2.19. The Hall–Kier alpha value is -1.36. The van der Waals surface area contributed by atoms with E-state index >= 15 is 0 Å². The van der Waals surface area contributed by atoms with Crippen molar-refractivity contribution in [3.8, 4) is 5.88 Å². The van der Waals surface area contributed by atoms with E-state index in [2.05, 4.69) is 36.1 Å². The van der Waals surface area contributed by atoms with Gasteiger partial charge in [0.1, 0.15) is 18.2 Å². The second kappa shape index (κ2) is 5.74. The molecule has 0 unspecified atom stereocenters. The summed E-state index contributed by atoms with van der Waals surface area (Å²) >= 11 is 0. The molecule has 1 fully saturated rings. The van der Waals surface area contributed by atoms with E-state index < -0.39 is 0 Å². The molecule has 0 spiro atoms. The molecular formula is C14H23N3O2. The van der Waals surface area contributed by atoms with Gasteiger partial charge in [-0.3, -0.25) is 0 Å². The molecular weight excluding hydrogens is 242 g/mol. The Labute approximate surface area is 114 Å². The Balaban J connectivity index is 2.15. The van der Waals surface area contributed by atoms with Crippen molar-refractivity contribution in [2.75, 3.05) is 25.6 Å². The summed E-state index contributed by atoms with van der Waals surface area (Å²) in [4.78, 5) is 9.05. The van der Waals surface area contributed by atoms with Crippen LogP contribution in [0.3, 0.4) is 0 Å². The topological polar surface area (TPSA) is 56.3 Å². The number of methoxy groups -OCH3 is 1. The van der Waals surface area contributed by atoms with Crippen molar-refractivity contribution in [2.24, 2.45) is 0 Å². The van der Waals surface area contributed by atoms with Crippen LogP contribution in [0.2, 0.25) is 0 Å². The number of anilines is 1. The van der Waals surface area contributed by atoms with Gasteiger partial charge in [0.05, 0.1) is 6.61 Å². The Morgan fingerprint density at radius 2 is 2.00 bits per heavy atom. The van der Waals surface area contributed by atoms with Crippen LogP contribution in [0.15, 0.2) is 6.07 Å². The van der Waals surface area contributed by atoms with Gasteiger partial charge in [-0.15, -0.1) is 0 Å². The summed E-state index contributed by atoms with van der Waals surface area (Å²) in [5, 5.41) is 3.40. The lowest BCUT2D eigenvalue weighted by Crippen LogP contribution is -2.18. The van der Waals surface area contributed by atoms with Crippen LogP contribution in [0.25, 0.3) is 0 Å². The standard InChI is InChI=1S/C14H23N3O2/c1-14(2,3)13-16-11(15-10-5-6-10)9-12(17-13)19-8-7-18-4/h9-10H,5-8H2,1-4H3,(H,15,16,17). The second-order valence-corrected chi connectivity index (χ2v) is 5.92. The maximum atomic E-state index is 5.61. The molecule has 0 saturated heterocycles. The number of ether oxygens (including phenoxy) is 2. The second-order valence-electron chi connectivity index (χ2n) is 5.92. The summed E-state index contributed by atoms with van der Waals surface area (Å²) < 4.78 is 10.6. The average Bonchev–Trinajstić information content (AvgIpc) is 3.12. The van der Waals surface area contributed by atoms with E-state index in [-0.39, 0.29) is 5.41 Å². The zero-order chi connectivity index (χ0) is 13.9. The lowest BCUT2D eigenvalue weighted by molar-refractivity contribution is 0.143. The summed E-state index contributed by atoms with van der Waals surface area (Å²) in [6.45, 7) is 7.35. The minimum atomic E-state index is -0.0966. The van der Waals surface area contributed by atoms with E-state index in [4.69, 9.17) is 9.47 Å². The highest BCUT2D eigenvalue weighted by molar-refractivity contribution is 5.41. The van der Waals surface area contributed by atoms with Crippen molar-refractivity contribution in [1.29, 1.82) is 0 Å². The highest BCUT2D eigenvalue weighted by Gasteiger charge is 2.24. The van der Waals surface area contributed by atoms with Gasteiger partial charge in [-0.1, -0.05) is 20.8 Å². The zero-order valence-corrected chi connectivity index (χ0v) is 12.2. The third-order valence-corrected chi connectivity index (χ3v) is 2.84. The normalized spacial score (nSPS) is 15.4. The molecule has 1 heterocycles. The predicted molar refractivity (Wildman–Crippen MR) is 74.7 cm³/mol. The summed E-state index contributed by atoms with van der Waals surface area (Å²) in [7, 11) is 1.66. The maximum Gasteiger partial charge on any atom is 0.218 e. The molecule has 19 heavy (non-hydrogen) atoms. The molecule has 1 saturated carbocycles. The maximum absolute atomic E-state index is 5.61. The van der Waals surface area contributed by atoms with Crippen LogP contribution in [0.4, 0.5) is 5.82 Å². The fourth-order valence-electron chi connectivity index (χ4n) is 1.57. The van der Waals surface area contributed by atoms with Crippen LogP contribution in [-0.4, -0.2) is 36.3 Å². The molecule has 1 aromatic rings. The van der Waals surface area contributed by atoms with E-state index in [1.165, 1.54) is 12.8 Å². The largest absolute Gasteiger partial charge is 0.475 e. The van der Waals surface area contributed by atoms with Gasteiger partial charge in [0.2, 0.25) is 5.88 Å². The molecule has 1 aliphatic rings. The molecule has 5 nitrogen and oxygen atoms in total. The smallest absolute Gasteiger partial charge is 0.218 e. The van der Waals surface area contributed by atoms with Gasteiger partial charge >= 0.3 is 0 Å². The fraction of sp³-hybridized carbons (Fsp3) is 0.714. The number of hydrogen-bond acceptors (Lipinski definition) is 5. The first-order valence-corrected chi connectivity index (χ1v) is 6.77. The molecule has 0 amide bonds. The van der Waals surface area contributed by atoms with Gasteiger partial charge in [-0.25, -0.2) is 4.98 Å². The summed E-state index contributed by atoms with van der Waals surface area (Å²) in [6, 6.07) is 2.43. The molecule has 0 aromatic carbocycles. The first-order valence-electron chi connectivity index (χ1n) is 6.77. The van der Waals surface area contributed by atoms with Gasteiger partial charge in [0, 0.05) is 24.6 Å². The van der Waals surface area contributed by atoms with Gasteiger partial charge in [0.15, 0.2) is 0 Å². The van der Waals surface area contributed by atoms with Crippen molar-refractivity contribution in [1.82, 2.24) is 9.97 Å². The molecule has 1 aromatic heterocycles. The Kier molecular flexibility index (Phi) is 4.24. The van der Waals surface area contributed by atoms with Gasteiger partial charge in [-0.05, 0) is 12.8 Å². The third kappa shape index (κ3) is 4.35. The van der Waals surface area contributed by atoms with Crippen molar-refractivity contribution in [3.05, 3.63) is 11.9 Å². The highest BCUT2D eigenvalue weighted by atomic mass is 16.5. The fourth-order valence-corrected chi connectivity index (χ4v) is 1.57. The summed E-state index contributed by atoms with van der Waals surface area (Å²) in [5.41, 5.74) is -0.0966. The molecule has 0 radical (unpaired) electrons. The summed E-state index contributed by atoms with van der Waals surface area (Å²) in [5.74, 6) is 2.26. The van der Waals surface area contributed by atoms with E-state index in [0.717, 1.165) is 11.6 Å². The number of nitrogens with zero attached hydrogens (tertiary/aromatic N) is 2. The molecule has 0 bridgehead atoms. The monoisotopic (exact) mass is 265 g/mol. The first kappa shape index (κ1) is 14.1. The third-order valence-electron chi connectivity index (χ3n) is 2.84. The van der Waals surface area contributed by atoms with Gasteiger partial charge < -0.3 is 14.8 Å². The Morgan fingerprint density at radius 3 is 2.58 bits per heavy atom. The highest BCUT2D eigenvalue weighted by Crippen LogP contribution is 2.27. The molecule has 106 valence electrons. The Morgan fingerprint density at radius 1 is 1.26 bits per heavy atom. The Bertz CT molecular complexity index is 425. The molecule has 2 rings (SSSR count). The molecule has 5 heteroatoms. The first-order chi connectivity index (χ1) is 8.99. The van der Waals surface area contributed by atoms with Crippen LogP contribution >= 0.6 is 0 Å². The number of aromatic nitrogens is 2. The van der Waals surface area contributed by atoms with E-state index in [1.807, 2.05) is 6.07 Å². The average molecular weight is 265 g/mol. The zero-order valence-electron chi connectivity index (χ0n) is 12.2. The molecule has 0 atom stereocenters. The van der Waals surface area contributed by atoms with Crippen LogP contribution in [0.1, 0.15) is 39.4 Å². The van der Waals surface area contributed by atoms with Crippen molar-refractivity contribution in [2.45, 2.75) is 45.1 Å². The van der Waals surface area contributed by atoms with E-state index in [0.29, 0.717) is 25.1 Å². The van der Waals surface area contributed by atoms with Crippen LogP contribution in [0.5, 0.6) is 5.88 Å². The van der Waals surface area contributed by atoms with Crippen molar-refractivity contribution >= 4 is 5.82 Å². The minimum Gasteiger partial charge on any atom is -0.475 e. The van der Waals surface area contributed by atoms with E-state index in [1.54, 1.807) is 7.11 Å². The number of hydrogen-bond donors (Lipinski definition) is 1.